The lowest BCUT2D eigenvalue weighted by atomic mass is 9.84. The van der Waals surface area contributed by atoms with E-state index in [1.165, 1.54) is 9.80 Å². The molecule has 0 spiro atoms. The van der Waals surface area contributed by atoms with Gasteiger partial charge in [0, 0.05) is 45.3 Å². The minimum absolute atomic E-state index is 0.0805. The molecule has 3 aliphatic carbocycles. The number of carbonyl (C=O) groups excluding carboxylic acids is 5. The zero-order chi connectivity index (χ0) is 35.8. The van der Waals surface area contributed by atoms with Crippen LogP contribution in [0.4, 0.5) is 0 Å². The van der Waals surface area contributed by atoms with Crippen LogP contribution in [0, 0.1) is 17.8 Å². The Labute approximate surface area is 291 Å². The molecule has 3 saturated carbocycles. The van der Waals surface area contributed by atoms with Crippen LogP contribution in [0.25, 0.3) is 0 Å². The summed E-state index contributed by atoms with van der Waals surface area (Å²) >= 11 is 0. The van der Waals surface area contributed by atoms with Crippen molar-refractivity contribution in [2.75, 3.05) is 39.3 Å². The van der Waals surface area contributed by atoms with Gasteiger partial charge in [-0.2, -0.15) is 0 Å². The Morgan fingerprint density at radius 1 is 0.449 bits per heavy atom. The van der Waals surface area contributed by atoms with Gasteiger partial charge < -0.3 is 49.5 Å². The molecular formula is C36H56N3O10-5. The number of carbonyl (C=O) groups is 5. The summed E-state index contributed by atoms with van der Waals surface area (Å²) in [5.74, 6) is -6.61. The number of carboxylic acid groups (broad SMARTS) is 5. The Kier molecular flexibility index (Phi) is 17.8. The van der Waals surface area contributed by atoms with E-state index in [-0.39, 0.29) is 57.3 Å². The van der Waals surface area contributed by atoms with E-state index in [0.29, 0.717) is 12.3 Å². The van der Waals surface area contributed by atoms with Gasteiger partial charge in [-0.1, -0.05) is 96.3 Å². The van der Waals surface area contributed by atoms with Crippen LogP contribution < -0.4 is 25.5 Å². The summed E-state index contributed by atoms with van der Waals surface area (Å²) in [6.07, 6.45) is 15.8. The molecule has 0 saturated heterocycles. The maximum Gasteiger partial charge on any atom is 0.0586 e. The van der Waals surface area contributed by atoms with E-state index < -0.39 is 61.1 Å². The van der Waals surface area contributed by atoms with Crippen molar-refractivity contribution in [3.05, 3.63) is 0 Å². The number of aliphatic carboxylic acids is 5. The van der Waals surface area contributed by atoms with Crippen molar-refractivity contribution in [2.45, 2.75) is 140 Å². The van der Waals surface area contributed by atoms with Crippen LogP contribution in [-0.2, 0) is 24.0 Å². The molecule has 0 aliphatic heterocycles. The molecule has 3 atom stereocenters. The molecule has 0 bridgehead atoms. The van der Waals surface area contributed by atoms with Crippen LogP contribution in [0.15, 0.2) is 0 Å². The van der Waals surface area contributed by atoms with Gasteiger partial charge >= 0.3 is 0 Å². The lowest BCUT2D eigenvalue weighted by molar-refractivity contribution is -0.317. The number of hydrogen-bond donors (Lipinski definition) is 0. The Morgan fingerprint density at radius 2 is 0.776 bits per heavy atom. The van der Waals surface area contributed by atoms with Gasteiger partial charge in [-0.15, -0.1) is 0 Å². The molecule has 3 fully saturated rings. The van der Waals surface area contributed by atoms with E-state index in [9.17, 15) is 49.5 Å². The van der Waals surface area contributed by atoms with Gasteiger partial charge in [-0.05, 0) is 43.4 Å². The molecule has 0 aromatic carbocycles. The predicted molar refractivity (Wildman–Crippen MR) is 169 cm³/mol. The molecule has 13 nitrogen and oxygen atoms in total. The van der Waals surface area contributed by atoms with E-state index in [2.05, 4.69) is 0 Å². The van der Waals surface area contributed by atoms with Gasteiger partial charge in [0.25, 0.3) is 0 Å². The van der Waals surface area contributed by atoms with Gasteiger partial charge in [-0.3, -0.25) is 14.7 Å². The zero-order valence-corrected chi connectivity index (χ0v) is 29.1. The van der Waals surface area contributed by atoms with Crippen molar-refractivity contribution in [1.29, 1.82) is 0 Å². The van der Waals surface area contributed by atoms with Crippen molar-refractivity contribution in [3.8, 4) is 0 Å². The number of carboxylic acids is 5. The van der Waals surface area contributed by atoms with Crippen molar-refractivity contribution in [1.82, 2.24) is 14.7 Å². The first kappa shape index (κ1) is 40.7. The predicted octanol–water partition coefficient (Wildman–Crippen LogP) is -1.95. The zero-order valence-electron chi connectivity index (χ0n) is 29.1. The molecule has 0 heterocycles. The van der Waals surface area contributed by atoms with Gasteiger partial charge in [0.05, 0.1) is 41.9 Å². The average Bonchev–Trinajstić information content (AvgIpc) is 3.06. The molecule has 280 valence electrons. The number of hydrogen-bond acceptors (Lipinski definition) is 13. The highest BCUT2D eigenvalue weighted by molar-refractivity contribution is 5.74. The summed E-state index contributed by atoms with van der Waals surface area (Å²) in [6, 6.07) is -3.59. The van der Waals surface area contributed by atoms with Gasteiger partial charge in [0.15, 0.2) is 0 Å². The van der Waals surface area contributed by atoms with Crippen LogP contribution in [-0.4, -0.2) is 102 Å². The van der Waals surface area contributed by atoms with Crippen LogP contribution >= 0.6 is 0 Å². The van der Waals surface area contributed by atoms with Gasteiger partial charge in [0.1, 0.15) is 0 Å². The SMILES string of the molecule is O=C([O-])CN(CCN(CCN(CC(=O)[O-])C(CC1CCCCC1)C(=O)[O-])C(CCC1CCCCC1)C(=O)[O-])C(CC1CCCCC1)C(=O)[O-]. The maximum atomic E-state index is 12.7. The Morgan fingerprint density at radius 3 is 1.10 bits per heavy atom. The largest absolute Gasteiger partial charge is 0.549 e. The first-order valence-corrected chi connectivity index (χ1v) is 18.7. The molecule has 0 amide bonds. The van der Waals surface area contributed by atoms with Crippen LogP contribution in [0.1, 0.15) is 122 Å². The highest BCUT2D eigenvalue weighted by Crippen LogP contribution is 2.31. The second-order valence-electron chi connectivity index (χ2n) is 14.8. The molecule has 0 radical (unpaired) electrons. The Hall–Kier alpha value is -2.77. The molecule has 0 N–H and O–H groups in total. The lowest BCUT2D eigenvalue weighted by Crippen LogP contribution is -2.58. The van der Waals surface area contributed by atoms with Gasteiger partial charge in [0.2, 0.25) is 0 Å². The molecular weight excluding hydrogens is 634 g/mol. The number of rotatable bonds is 23. The minimum atomic E-state index is -1.48. The fourth-order valence-corrected chi connectivity index (χ4v) is 8.54. The Balaban J connectivity index is 1.84. The third-order valence-electron chi connectivity index (χ3n) is 11.3. The summed E-state index contributed by atoms with van der Waals surface area (Å²) < 4.78 is 0. The fraction of sp³-hybridized carbons (Fsp3) is 0.861. The monoisotopic (exact) mass is 690 g/mol. The highest BCUT2D eigenvalue weighted by atomic mass is 16.4. The summed E-state index contributed by atoms with van der Waals surface area (Å²) in [7, 11) is 0. The van der Waals surface area contributed by atoms with E-state index in [1.54, 1.807) is 4.90 Å². The lowest BCUT2D eigenvalue weighted by Gasteiger charge is -2.41. The van der Waals surface area contributed by atoms with Crippen LogP contribution in [0.3, 0.4) is 0 Å². The normalized spacial score (nSPS) is 20.3. The van der Waals surface area contributed by atoms with E-state index in [4.69, 9.17) is 0 Å². The third-order valence-corrected chi connectivity index (χ3v) is 11.3. The topological polar surface area (TPSA) is 210 Å². The smallest absolute Gasteiger partial charge is 0.0586 e. The molecule has 0 aromatic rings. The fourth-order valence-electron chi connectivity index (χ4n) is 8.54. The Bertz CT molecular complexity index is 994. The third kappa shape index (κ3) is 14.5. The molecule has 13 heteroatoms. The first-order chi connectivity index (χ1) is 23.4. The quantitative estimate of drug-likeness (QED) is 0.114. The maximum absolute atomic E-state index is 12.7. The first-order valence-electron chi connectivity index (χ1n) is 18.7. The molecule has 3 aliphatic rings. The summed E-state index contributed by atoms with van der Waals surface area (Å²) in [5, 5.41) is 61.0. The summed E-state index contributed by atoms with van der Waals surface area (Å²) in [5.41, 5.74) is 0. The standard InChI is InChI=1S/C36H61N3O10/c40-32(41)24-38(30(35(46)47)22-27-12-6-2-7-13-27)20-18-37(29(34(44)45)17-16-26-10-4-1-5-11-26)19-21-39(25-33(42)43)31(36(48)49)23-28-14-8-3-9-15-28/h26-31H,1-25H2,(H,40,41)(H,42,43)(H,44,45)(H,46,47)(H,48,49)/p-5. The van der Waals surface area contributed by atoms with Gasteiger partial charge in [-0.25, -0.2) is 0 Å². The number of nitrogens with zero attached hydrogens (tertiary/aromatic N) is 3. The molecule has 3 unspecified atom stereocenters. The van der Waals surface area contributed by atoms with E-state index >= 15 is 0 Å². The minimum Gasteiger partial charge on any atom is -0.549 e. The molecule has 3 rings (SSSR count). The van der Waals surface area contributed by atoms with E-state index in [0.717, 1.165) is 96.3 Å². The van der Waals surface area contributed by atoms with Crippen LogP contribution in [0.5, 0.6) is 0 Å². The van der Waals surface area contributed by atoms with Crippen LogP contribution in [0.2, 0.25) is 0 Å². The summed E-state index contributed by atoms with van der Waals surface area (Å²) in [6.45, 7) is -1.83. The average molecular weight is 691 g/mol. The molecule has 49 heavy (non-hydrogen) atoms. The van der Waals surface area contributed by atoms with Crippen molar-refractivity contribution >= 4 is 29.8 Å². The van der Waals surface area contributed by atoms with E-state index in [1.807, 2.05) is 0 Å². The van der Waals surface area contributed by atoms with Crippen molar-refractivity contribution in [3.63, 3.8) is 0 Å². The summed E-state index contributed by atoms with van der Waals surface area (Å²) in [4.78, 5) is 65.1. The second kappa shape index (κ2) is 21.4. The molecule has 0 aromatic heterocycles. The van der Waals surface area contributed by atoms with Crippen molar-refractivity contribution in [2.24, 2.45) is 17.8 Å². The van der Waals surface area contributed by atoms with Crippen molar-refractivity contribution < 1.29 is 49.5 Å². The second-order valence-corrected chi connectivity index (χ2v) is 14.8. The highest BCUT2D eigenvalue weighted by Gasteiger charge is 2.30.